The van der Waals surface area contributed by atoms with E-state index < -0.39 is 0 Å². The monoisotopic (exact) mass is 446 g/mol. The fourth-order valence-electron chi connectivity index (χ4n) is 8.16. The second-order valence-corrected chi connectivity index (χ2v) is 11.5. The summed E-state index contributed by atoms with van der Waals surface area (Å²) in [5.74, 6) is 1.57. The van der Waals surface area contributed by atoms with Crippen molar-refractivity contribution < 1.29 is 9.59 Å². The molecule has 0 radical (unpaired) electrons. The molecule has 4 heteroatoms. The van der Waals surface area contributed by atoms with Crippen LogP contribution >= 0.6 is 0 Å². The molecule has 5 rings (SSSR count). The largest absolute Gasteiger partial charge is 0.331 e. The third-order valence-electron chi connectivity index (χ3n) is 9.68. The molecule has 1 heterocycles. The molecule has 6 atom stereocenters. The number of carbonyl (C=O) groups excluding carboxylic acids is 2. The van der Waals surface area contributed by atoms with Crippen molar-refractivity contribution in [2.75, 3.05) is 11.9 Å². The molecule has 1 aromatic rings. The van der Waals surface area contributed by atoms with Crippen LogP contribution in [0.5, 0.6) is 0 Å². The minimum Gasteiger partial charge on any atom is -0.331 e. The van der Waals surface area contributed by atoms with Gasteiger partial charge in [-0.05, 0) is 86.3 Å². The van der Waals surface area contributed by atoms with E-state index in [1.54, 1.807) is 6.08 Å². The Morgan fingerprint density at radius 2 is 2.00 bits per heavy atom. The smallest absolute Gasteiger partial charge is 0.260 e. The van der Waals surface area contributed by atoms with Crippen LogP contribution in [0.4, 0.5) is 5.69 Å². The predicted octanol–water partition coefficient (Wildman–Crippen LogP) is 5.89. The van der Waals surface area contributed by atoms with Crippen LogP contribution in [-0.2, 0) is 9.59 Å². The minimum absolute atomic E-state index is 0.144. The molecule has 1 aromatic carbocycles. The second kappa shape index (κ2) is 8.14. The fourth-order valence-corrected chi connectivity index (χ4v) is 8.16. The number of benzene rings is 1. The first-order chi connectivity index (χ1) is 15.8. The van der Waals surface area contributed by atoms with Crippen molar-refractivity contribution >= 4 is 17.5 Å². The number of hydrogen-bond acceptors (Lipinski definition) is 2. The zero-order chi connectivity index (χ0) is 23.4. The van der Waals surface area contributed by atoms with E-state index in [0.29, 0.717) is 29.4 Å². The molecule has 0 spiro atoms. The maximum Gasteiger partial charge on any atom is 0.260 e. The van der Waals surface area contributed by atoms with Gasteiger partial charge in [0, 0.05) is 23.7 Å². The summed E-state index contributed by atoms with van der Waals surface area (Å²) in [4.78, 5) is 28.9. The number of nitrogens with zero attached hydrogens (tertiary/aromatic N) is 1. The Balaban J connectivity index is 1.51. The number of rotatable bonds is 4. The molecule has 33 heavy (non-hydrogen) atoms. The standard InChI is InChI=1S/C29H38N2O2/c1-5-16-31-25-12-11-21-23-10-7-14-28(23,3)15-13-24(21)29(25,4)18-22(27(31)33)26(32)30-20-9-6-8-19(2)17-20/h5-6,8-9,17-18,21,23-25H,1,7,10-16H2,2-4H3,(H,30,32)/t21-,23-,24+,25?,28-,29+/m0/s1. The lowest BCUT2D eigenvalue weighted by Gasteiger charge is -2.60. The lowest BCUT2D eigenvalue weighted by atomic mass is 9.48. The number of aryl methyl sites for hydroxylation is 1. The minimum atomic E-state index is -0.289. The van der Waals surface area contributed by atoms with Crippen LogP contribution in [0.1, 0.15) is 64.4 Å². The van der Waals surface area contributed by atoms with Crippen molar-refractivity contribution in [2.24, 2.45) is 28.6 Å². The van der Waals surface area contributed by atoms with E-state index in [9.17, 15) is 9.59 Å². The van der Waals surface area contributed by atoms with Gasteiger partial charge in [0.15, 0.2) is 0 Å². The third kappa shape index (κ3) is 3.57. The van der Waals surface area contributed by atoms with E-state index in [0.717, 1.165) is 23.6 Å². The number of anilines is 1. The van der Waals surface area contributed by atoms with Crippen molar-refractivity contribution in [1.82, 2.24) is 4.90 Å². The molecule has 1 unspecified atom stereocenters. The van der Waals surface area contributed by atoms with Gasteiger partial charge in [0.2, 0.25) is 0 Å². The van der Waals surface area contributed by atoms with Crippen LogP contribution in [0, 0.1) is 35.5 Å². The Hall–Kier alpha value is -2.36. The van der Waals surface area contributed by atoms with Crippen LogP contribution in [0.15, 0.2) is 48.6 Å². The average Bonchev–Trinajstić information content (AvgIpc) is 3.17. The van der Waals surface area contributed by atoms with Gasteiger partial charge in [-0.2, -0.15) is 0 Å². The van der Waals surface area contributed by atoms with Gasteiger partial charge in [0.25, 0.3) is 11.8 Å². The molecule has 4 aliphatic rings. The Bertz CT molecular complexity index is 1010. The van der Waals surface area contributed by atoms with Gasteiger partial charge in [-0.15, -0.1) is 6.58 Å². The summed E-state index contributed by atoms with van der Waals surface area (Å²) in [6, 6.07) is 7.89. The summed E-state index contributed by atoms with van der Waals surface area (Å²) in [6.07, 6.45) is 12.6. The first-order valence-corrected chi connectivity index (χ1v) is 12.8. The summed E-state index contributed by atoms with van der Waals surface area (Å²) < 4.78 is 0. The van der Waals surface area contributed by atoms with Crippen LogP contribution < -0.4 is 5.32 Å². The highest BCUT2D eigenvalue weighted by atomic mass is 16.2. The Morgan fingerprint density at radius 1 is 1.18 bits per heavy atom. The van der Waals surface area contributed by atoms with E-state index in [-0.39, 0.29) is 23.3 Å². The highest BCUT2D eigenvalue weighted by Crippen LogP contribution is 2.64. The Labute approximate surface area is 198 Å². The Kier molecular flexibility index (Phi) is 5.54. The van der Waals surface area contributed by atoms with Crippen LogP contribution in [-0.4, -0.2) is 29.3 Å². The van der Waals surface area contributed by atoms with Crippen LogP contribution in [0.25, 0.3) is 0 Å². The van der Waals surface area contributed by atoms with E-state index in [2.05, 4.69) is 31.8 Å². The second-order valence-electron chi connectivity index (χ2n) is 11.5. The number of nitrogens with one attached hydrogen (secondary N) is 1. The van der Waals surface area contributed by atoms with Crippen LogP contribution in [0.3, 0.4) is 0 Å². The van der Waals surface area contributed by atoms with Gasteiger partial charge < -0.3 is 10.2 Å². The molecule has 0 aromatic heterocycles. The van der Waals surface area contributed by atoms with E-state index in [1.165, 1.54) is 38.5 Å². The van der Waals surface area contributed by atoms with Gasteiger partial charge in [-0.3, -0.25) is 9.59 Å². The normalized spacial score (nSPS) is 37.5. The molecular weight excluding hydrogens is 408 g/mol. The topological polar surface area (TPSA) is 49.4 Å². The first kappa shape index (κ1) is 22.4. The summed E-state index contributed by atoms with van der Waals surface area (Å²) in [5, 5.41) is 2.99. The highest BCUT2D eigenvalue weighted by Gasteiger charge is 2.59. The van der Waals surface area contributed by atoms with Gasteiger partial charge in [-0.1, -0.05) is 44.6 Å². The fraction of sp³-hybridized carbons (Fsp3) is 0.586. The van der Waals surface area contributed by atoms with Gasteiger partial charge in [-0.25, -0.2) is 0 Å². The molecule has 3 aliphatic carbocycles. The summed E-state index contributed by atoms with van der Waals surface area (Å²) in [6.45, 7) is 11.3. The lowest BCUT2D eigenvalue weighted by molar-refractivity contribution is -0.142. The first-order valence-electron chi connectivity index (χ1n) is 12.8. The van der Waals surface area contributed by atoms with Crippen LogP contribution in [0.2, 0.25) is 0 Å². The van der Waals surface area contributed by atoms with E-state index in [1.807, 2.05) is 36.1 Å². The molecule has 3 saturated carbocycles. The van der Waals surface area contributed by atoms with Gasteiger partial charge in [0.1, 0.15) is 5.57 Å². The third-order valence-corrected chi connectivity index (χ3v) is 9.68. The van der Waals surface area contributed by atoms with E-state index in [4.69, 9.17) is 0 Å². The maximum absolute atomic E-state index is 13.6. The maximum atomic E-state index is 13.6. The molecule has 176 valence electrons. The molecule has 1 aliphatic heterocycles. The SMILES string of the molecule is C=CCN1C(=O)C(C(=O)Nc2cccc(C)c2)=C[C@@]2(C)C1CC[C@@H]1[C@H]2CC[C@]2(C)CCC[C@@H]12. The molecule has 4 nitrogen and oxygen atoms in total. The number of hydrogen-bond donors (Lipinski definition) is 1. The van der Waals surface area contributed by atoms with Crippen molar-refractivity contribution in [2.45, 2.75) is 71.8 Å². The van der Waals surface area contributed by atoms with Gasteiger partial charge in [0.05, 0.1) is 0 Å². The van der Waals surface area contributed by atoms with Crippen molar-refractivity contribution in [3.8, 4) is 0 Å². The summed E-state index contributed by atoms with van der Waals surface area (Å²) >= 11 is 0. The van der Waals surface area contributed by atoms with E-state index >= 15 is 0 Å². The molecular formula is C29H38N2O2. The predicted molar refractivity (Wildman–Crippen MR) is 133 cm³/mol. The van der Waals surface area contributed by atoms with Crippen molar-refractivity contribution in [3.05, 3.63) is 54.1 Å². The number of fused-ring (bicyclic) bond motifs is 5. The molecule has 0 saturated heterocycles. The average molecular weight is 447 g/mol. The highest BCUT2D eigenvalue weighted by molar-refractivity contribution is 6.23. The zero-order valence-corrected chi connectivity index (χ0v) is 20.4. The summed E-state index contributed by atoms with van der Waals surface area (Å²) in [5.41, 5.74) is 2.43. The lowest BCUT2D eigenvalue weighted by Crippen LogP contribution is -2.61. The Morgan fingerprint density at radius 3 is 2.76 bits per heavy atom. The molecule has 1 N–H and O–H groups in total. The number of carbonyl (C=O) groups is 2. The quantitative estimate of drug-likeness (QED) is 0.463. The molecule has 2 amide bonds. The molecule has 3 fully saturated rings. The van der Waals surface area contributed by atoms with Gasteiger partial charge >= 0.3 is 0 Å². The molecule has 0 bridgehead atoms. The van der Waals surface area contributed by atoms with Crippen molar-refractivity contribution in [3.63, 3.8) is 0 Å². The zero-order valence-electron chi connectivity index (χ0n) is 20.4. The summed E-state index contributed by atoms with van der Waals surface area (Å²) in [7, 11) is 0. The number of amides is 2. The van der Waals surface area contributed by atoms with Crippen molar-refractivity contribution in [1.29, 1.82) is 0 Å².